The first-order valence-electron chi connectivity index (χ1n) is 11.0. The van der Waals surface area contributed by atoms with Crippen molar-refractivity contribution >= 4 is 17.4 Å². The molecule has 1 aliphatic carbocycles. The van der Waals surface area contributed by atoms with Gasteiger partial charge in [-0.3, -0.25) is 9.59 Å². The molecule has 2 heterocycles. The molecular formula is C25H29NO5. The van der Waals surface area contributed by atoms with Gasteiger partial charge in [0, 0.05) is 11.6 Å². The van der Waals surface area contributed by atoms with Gasteiger partial charge in [-0.05, 0) is 69.0 Å². The molecule has 1 saturated heterocycles. The molecule has 2 aromatic rings. The quantitative estimate of drug-likeness (QED) is 0.400. The number of hydrogen-bond acceptors (Lipinski definition) is 5. The van der Waals surface area contributed by atoms with Crippen molar-refractivity contribution in [3.05, 3.63) is 58.6 Å². The molecule has 6 heteroatoms. The van der Waals surface area contributed by atoms with Gasteiger partial charge < -0.3 is 19.2 Å². The Labute approximate surface area is 182 Å². The van der Waals surface area contributed by atoms with Crippen LogP contribution in [0.3, 0.4) is 0 Å². The van der Waals surface area contributed by atoms with E-state index in [2.05, 4.69) is 0 Å². The zero-order valence-electron chi connectivity index (χ0n) is 18.3. The van der Waals surface area contributed by atoms with Crippen molar-refractivity contribution in [1.82, 2.24) is 4.90 Å². The van der Waals surface area contributed by atoms with Crippen LogP contribution in [0.5, 0.6) is 5.75 Å². The molecule has 1 saturated carbocycles. The fraction of sp³-hybridized carbons (Fsp3) is 0.440. The van der Waals surface area contributed by atoms with Gasteiger partial charge in [0.15, 0.2) is 0 Å². The van der Waals surface area contributed by atoms with Gasteiger partial charge in [-0.1, -0.05) is 19.8 Å². The van der Waals surface area contributed by atoms with Gasteiger partial charge in [0.1, 0.15) is 29.1 Å². The molecule has 2 aliphatic rings. The van der Waals surface area contributed by atoms with E-state index in [0.29, 0.717) is 23.7 Å². The molecule has 1 N–H and O–H groups in total. The second kappa shape index (κ2) is 8.61. The van der Waals surface area contributed by atoms with Gasteiger partial charge in [0.05, 0.1) is 12.2 Å². The van der Waals surface area contributed by atoms with E-state index in [1.54, 1.807) is 29.2 Å². The van der Waals surface area contributed by atoms with Crippen molar-refractivity contribution in [2.75, 3.05) is 6.61 Å². The van der Waals surface area contributed by atoms with Gasteiger partial charge in [-0.2, -0.15) is 0 Å². The van der Waals surface area contributed by atoms with Gasteiger partial charge in [0.25, 0.3) is 11.7 Å². The van der Waals surface area contributed by atoms with Crippen LogP contribution in [0.2, 0.25) is 0 Å². The molecule has 4 rings (SSSR count). The molecule has 1 unspecified atom stereocenters. The summed E-state index contributed by atoms with van der Waals surface area (Å²) in [7, 11) is 0. The number of likely N-dealkylation sites (tertiary alicyclic amines) is 1. The van der Waals surface area contributed by atoms with Crippen LogP contribution in [0.1, 0.15) is 67.7 Å². The summed E-state index contributed by atoms with van der Waals surface area (Å²) in [5, 5.41) is 11.2. The van der Waals surface area contributed by atoms with Crippen molar-refractivity contribution in [2.24, 2.45) is 0 Å². The minimum Gasteiger partial charge on any atom is -0.507 e. The highest BCUT2D eigenvalue weighted by Crippen LogP contribution is 2.44. The van der Waals surface area contributed by atoms with Crippen molar-refractivity contribution in [3.63, 3.8) is 0 Å². The van der Waals surface area contributed by atoms with E-state index < -0.39 is 17.7 Å². The van der Waals surface area contributed by atoms with E-state index in [1.165, 1.54) is 0 Å². The van der Waals surface area contributed by atoms with E-state index in [9.17, 15) is 14.7 Å². The molecule has 164 valence electrons. The van der Waals surface area contributed by atoms with Crippen molar-refractivity contribution in [2.45, 2.75) is 65.0 Å². The Kier molecular flexibility index (Phi) is 5.90. The lowest BCUT2D eigenvalue weighted by molar-refractivity contribution is -0.141. The molecule has 1 atom stereocenters. The molecule has 0 bridgehead atoms. The van der Waals surface area contributed by atoms with E-state index in [1.807, 2.05) is 26.8 Å². The summed E-state index contributed by atoms with van der Waals surface area (Å²) in [6.07, 6.45) is 4.65. The molecule has 0 radical (unpaired) electrons. The number of hydrogen-bond donors (Lipinski definition) is 1. The first-order valence-corrected chi connectivity index (χ1v) is 11.0. The SMILES string of the molecule is CCCOc1ccc(/C(O)=C2/C(=O)C(=O)N(C3CCCC3)C2c2ccc(C)o2)cc1C. The number of benzene rings is 1. The van der Waals surface area contributed by atoms with Crippen LogP contribution in [-0.4, -0.2) is 34.3 Å². The van der Waals surface area contributed by atoms with Crippen LogP contribution in [0, 0.1) is 13.8 Å². The molecule has 1 amide bonds. The number of nitrogens with zero attached hydrogens (tertiary/aromatic N) is 1. The standard InChI is InChI=1S/C25H29NO5/c1-4-13-30-19-12-10-17(14-15(19)2)23(27)21-22(20-11-9-16(3)31-20)26(25(29)24(21)28)18-7-5-6-8-18/h9-12,14,18,22,27H,4-8,13H2,1-3H3/b23-21-. The van der Waals surface area contributed by atoms with Crippen molar-refractivity contribution in [1.29, 1.82) is 0 Å². The first kappa shape index (κ1) is 21.2. The number of rotatable bonds is 6. The first-order chi connectivity index (χ1) is 14.9. The Balaban J connectivity index is 1.80. The minimum atomic E-state index is -0.715. The van der Waals surface area contributed by atoms with Gasteiger partial charge in [0.2, 0.25) is 0 Å². The van der Waals surface area contributed by atoms with Crippen LogP contribution in [0.4, 0.5) is 0 Å². The summed E-state index contributed by atoms with van der Waals surface area (Å²) in [5.41, 5.74) is 1.43. The predicted molar refractivity (Wildman–Crippen MR) is 117 cm³/mol. The smallest absolute Gasteiger partial charge is 0.296 e. The topological polar surface area (TPSA) is 80.0 Å². The van der Waals surface area contributed by atoms with Crippen LogP contribution in [-0.2, 0) is 9.59 Å². The maximum absolute atomic E-state index is 13.1. The third-order valence-corrected chi connectivity index (χ3v) is 6.14. The second-order valence-corrected chi connectivity index (χ2v) is 8.42. The van der Waals surface area contributed by atoms with E-state index in [-0.39, 0.29) is 17.4 Å². The highest BCUT2D eigenvalue weighted by molar-refractivity contribution is 6.46. The third kappa shape index (κ3) is 3.87. The Morgan fingerprint density at radius 1 is 1.16 bits per heavy atom. The monoisotopic (exact) mass is 423 g/mol. The Hall–Kier alpha value is -3.02. The third-order valence-electron chi connectivity index (χ3n) is 6.14. The summed E-state index contributed by atoms with van der Waals surface area (Å²) in [5.74, 6) is 0.538. The fourth-order valence-corrected chi connectivity index (χ4v) is 4.61. The highest BCUT2D eigenvalue weighted by Gasteiger charge is 2.50. The molecule has 1 aromatic heterocycles. The second-order valence-electron chi connectivity index (χ2n) is 8.42. The summed E-state index contributed by atoms with van der Waals surface area (Å²) in [6.45, 7) is 6.36. The van der Waals surface area contributed by atoms with Gasteiger partial charge in [-0.15, -0.1) is 0 Å². The average Bonchev–Trinajstić information content (AvgIpc) is 3.48. The van der Waals surface area contributed by atoms with Gasteiger partial charge in [-0.25, -0.2) is 0 Å². The number of aliphatic hydroxyl groups is 1. The summed E-state index contributed by atoms with van der Waals surface area (Å²) < 4.78 is 11.6. The van der Waals surface area contributed by atoms with E-state index in [4.69, 9.17) is 9.15 Å². The maximum Gasteiger partial charge on any atom is 0.296 e. The molecule has 6 nitrogen and oxygen atoms in total. The van der Waals surface area contributed by atoms with Crippen molar-refractivity contribution in [3.8, 4) is 5.75 Å². The molecule has 2 fully saturated rings. The normalized spacial score (nSPS) is 21.3. The number of aliphatic hydroxyl groups excluding tert-OH is 1. The van der Waals surface area contributed by atoms with Crippen LogP contribution < -0.4 is 4.74 Å². The lowest BCUT2D eigenvalue weighted by Crippen LogP contribution is -2.37. The number of furan rings is 1. The van der Waals surface area contributed by atoms with E-state index in [0.717, 1.165) is 43.4 Å². The van der Waals surface area contributed by atoms with Crippen LogP contribution in [0.15, 0.2) is 40.3 Å². The number of amides is 1. The zero-order valence-corrected chi connectivity index (χ0v) is 18.3. The Morgan fingerprint density at radius 3 is 2.52 bits per heavy atom. The fourth-order valence-electron chi connectivity index (χ4n) is 4.61. The largest absolute Gasteiger partial charge is 0.507 e. The number of carbonyl (C=O) groups is 2. The van der Waals surface area contributed by atoms with Crippen molar-refractivity contribution < 1.29 is 23.8 Å². The van der Waals surface area contributed by atoms with Gasteiger partial charge >= 0.3 is 0 Å². The lowest BCUT2D eigenvalue weighted by atomic mass is 9.98. The Morgan fingerprint density at radius 2 is 1.90 bits per heavy atom. The highest BCUT2D eigenvalue weighted by atomic mass is 16.5. The number of ketones is 1. The molecule has 1 aromatic carbocycles. The number of Topliss-reactive ketones (excluding diaryl/α,β-unsaturated/α-hetero) is 1. The van der Waals surface area contributed by atoms with Crippen LogP contribution in [0.25, 0.3) is 5.76 Å². The summed E-state index contributed by atoms with van der Waals surface area (Å²) in [4.78, 5) is 27.8. The summed E-state index contributed by atoms with van der Waals surface area (Å²) in [6, 6.07) is 8.16. The molecule has 0 spiro atoms. The number of aryl methyl sites for hydroxylation is 2. The maximum atomic E-state index is 13.1. The average molecular weight is 424 g/mol. The number of carbonyl (C=O) groups excluding carboxylic acids is 2. The van der Waals surface area contributed by atoms with Crippen LogP contribution >= 0.6 is 0 Å². The lowest BCUT2D eigenvalue weighted by Gasteiger charge is -2.29. The molecule has 31 heavy (non-hydrogen) atoms. The Bertz CT molecular complexity index is 1030. The minimum absolute atomic E-state index is 0.0243. The predicted octanol–water partition coefficient (Wildman–Crippen LogP) is 5.05. The summed E-state index contributed by atoms with van der Waals surface area (Å²) >= 11 is 0. The molecule has 1 aliphatic heterocycles. The van der Waals surface area contributed by atoms with E-state index >= 15 is 0 Å². The zero-order chi connectivity index (χ0) is 22.1. The molecular weight excluding hydrogens is 394 g/mol. The number of ether oxygens (including phenoxy) is 1.